The van der Waals surface area contributed by atoms with E-state index in [4.69, 9.17) is 0 Å². The summed E-state index contributed by atoms with van der Waals surface area (Å²) in [7, 11) is 0. The van der Waals surface area contributed by atoms with Crippen LogP contribution in [0.2, 0.25) is 0 Å². The number of nitrogens with one attached hydrogen (secondary N) is 1. The molecule has 14 heavy (non-hydrogen) atoms. The Bertz CT molecular complexity index is 372. The molecule has 0 saturated carbocycles. The van der Waals surface area contributed by atoms with Crippen molar-refractivity contribution in [2.24, 2.45) is 0 Å². The third-order valence-corrected chi connectivity index (χ3v) is 2.55. The third kappa shape index (κ3) is 1.50. The SMILES string of the molecule is CC(C)c1nccc2c1CC(=O)NC2. The maximum atomic E-state index is 11.3. The average Bonchev–Trinajstić information content (AvgIpc) is 2.16. The number of fused-ring (bicyclic) bond motifs is 1. The summed E-state index contributed by atoms with van der Waals surface area (Å²) in [5.74, 6) is 0.489. The first-order valence-corrected chi connectivity index (χ1v) is 4.92. The molecular formula is C11H14N2O. The fourth-order valence-electron chi connectivity index (χ4n) is 1.83. The zero-order valence-electron chi connectivity index (χ0n) is 8.50. The highest BCUT2D eigenvalue weighted by molar-refractivity contribution is 5.81. The number of carbonyl (C=O) groups excluding carboxylic acids is 1. The molecule has 3 heteroatoms. The van der Waals surface area contributed by atoms with Crippen LogP contribution in [0.3, 0.4) is 0 Å². The number of aromatic nitrogens is 1. The molecule has 74 valence electrons. The van der Waals surface area contributed by atoms with Crippen LogP contribution in [0.4, 0.5) is 0 Å². The van der Waals surface area contributed by atoms with Crippen molar-refractivity contribution in [3.05, 3.63) is 29.1 Å². The first-order valence-electron chi connectivity index (χ1n) is 4.92. The number of hydrogen-bond acceptors (Lipinski definition) is 2. The van der Waals surface area contributed by atoms with Gasteiger partial charge >= 0.3 is 0 Å². The molecule has 1 aliphatic heterocycles. The van der Waals surface area contributed by atoms with E-state index in [-0.39, 0.29) is 5.91 Å². The predicted octanol–water partition coefficient (Wildman–Crippen LogP) is 1.38. The highest BCUT2D eigenvalue weighted by atomic mass is 16.1. The van der Waals surface area contributed by atoms with E-state index in [2.05, 4.69) is 24.1 Å². The number of pyridine rings is 1. The molecule has 2 heterocycles. The van der Waals surface area contributed by atoms with Crippen LogP contribution >= 0.6 is 0 Å². The summed E-state index contributed by atoms with van der Waals surface area (Å²) in [5.41, 5.74) is 3.41. The summed E-state index contributed by atoms with van der Waals surface area (Å²) in [6, 6.07) is 1.99. The lowest BCUT2D eigenvalue weighted by Gasteiger charge is -2.20. The Labute approximate surface area is 83.5 Å². The van der Waals surface area contributed by atoms with Gasteiger partial charge in [-0.25, -0.2) is 0 Å². The summed E-state index contributed by atoms with van der Waals surface area (Å²) >= 11 is 0. The zero-order chi connectivity index (χ0) is 10.1. The Kier molecular flexibility index (Phi) is 2.23. The second-order valence-corrected chi connectivity index (χ2v) is 3.94. The van der Waals surface area contributed by atoms with Crippen molar-refractivity contribution in [1.29, 1.82) is 0 Å². The van der Waals surface area contributed by atoms with Crippen LogP contribution in [-0.4, -0.2) is 10.9 Å². The van der Waals surface area contributed by atoms with Gasteiger partial charge in [0.2, 0.25) is 5.91 Å². The summed E-state index contributed by atoms with van der Waals surface area (Å²) in [6.07, 6.45) is 2.31. The maximum absolute atomic E-state index is 11.3. The van der Waals surface area contributed by atoms with Crippen molar-refractivity contribution >= 4 is 5.91 Å². The molecule has 0 aromatic carbocycles. The van der Waals surface area contributed by atoms with Crippen molar-refractivity contribution in [3.8, 4) is 0 Å². The predicted molar refractivity (Wildman–Crippen MR) is 53.9 cm³/mol. The Balaban J connectivity index is 2.48. The molecular weight excluding hydrogens is 176 g/mol. The smallest absolute Gasteiger partial charge is 0.224 e. The molecule has 0 aliphatic carbocycles. The molecule has 0 spiro atoms. The van der Waals surface area contributed by atoms with E-state index < -0.39 is 0 Å². The van der Waals surface area contributed by atoms with Crippen LogP contribution in [0.25, 0.3) is 0 Å². The molecule has 0 bridgehead atoms. The van der Waals surface area contributed by atoms with E-state index in [0.29, 0.717) is 18.9 Å². The van der Waals surface area contributed by atoms with Gasteiger partial charge in [-0.05, 0) is 23.1 Å². The standard InChI is InChI=1S/C11H14N2O/c1-7(2)11-9-5-10(14)13-6-8(9)3-4-12-11/h3-4,7H,5-6H2,1-2H3,(H,13,14). The van der Waals surface area contributed by atoms with Crippen molar-refractivity contribution in [1.82, 2.24) is 10.3 Å². The van der Waals surface area contributed by atoms with Gasteiger partial charge in [0.05, 0.1) is 6.42 Å². The Hall–Kier alpha value is -1.38. The van der Waals surface area contributed by atoms with E-state index in [1.807, 2.05) is 12.3 Å². The molecule has 2 rings (SSSR count). The first kappa shape index (κ1) is 9.19. The largest absolute Gasteiger partial charge is 0.352 e. The number of hydrogen-bond donors (Lipinski definition) is 1. The van der Waals surface area contributed by atoms with Crippen LogP contribution in [0.5, 0.6) is 0 Å². The molecule has 0 atom stereocenters. The van der Waals surface area contributed by atoms with Gasteiger partial charge in [-0.1, -0.05) is 13.8 Å². The van der Waals surface area contributed by atoms with Crippen LogP contribution < -0.4 is 5.32 Å². The normalized spacial score (nSPS) is 15.2. The monoisotopic (exact) mass is 190 g/mol. The van der Waals surface area contributed by atoms with Gasteiger partial charge in [-0.2, -0.15) is 0 Å². The summed E-state index contributed by atoms with van der Waals surface area (Å²) in [4.78, 5) is 15.6. The Morgan fingerprint density at radius 2 is 2.29 bits per heavy atom. The highest BCUT2D eigenvalue weighted by Gasteiger charge is 2.19. The van der Waals surface area contributed by atoms with Gasteiger partial charge in [-0.3, -0.25) is 9.78 Å². The fourth-order valence-corrected chi connectivity index (χ4v) is 1.83. The molecule has 0 radical (unpaired) electrons. The number of rotatable bonds is 1. The molecule has 1 aromatic heterocycles. The molecule has 3 nitrogen and oxygen atoms in total. The van der Waals surface area contributed by atoms with Gasteiger partial charge in [-0.15, -0.1) is 0 Å². The van der Waals surface area contributed by atoms with Gasteiger partial charge in [0.15, 0.2) is 0 Å². The van der Waals surface area contributed by atoms with E-state index in [9.17, 15) is 4.79 Å². The van der Waals surface area contributed by atoms with E-state index in [0.717, 1.165) is 11.3 Å². The Morgan fingerprint density at radius 3 is 3.00 bits per heavy atom. The van der Waals surface area contributed by atoms with Crippen molar-refractivity contribution < 1.29 is 4.79 Å². The van der Waals surface area contributed by atoms with Crippen molar-refractivity contribution in [3.63, 3.8) is 0 Å². The van der Waals surface area contributed by atoms with E-state index in [1.165, 1.54) is 5.56 Å². The van der Waals surface area contributed by atoms with Crippen LogP contribution in [-0.2, 0) is 17.8 Å². The van der Waals surface area contributed by atoms with Crippen LogP contribution in [0.15, 0.2) is 12.3 Å². The lowest BCUT2D eigenvalue weighted by molar-refractivity contribution is -0.121. The van der Waals surface area contributed by atoms with Crippen molar-refractivity contribution in [2.45, 2.75) is 32.7 Å². The number of amides is 1. The number of carbonyl (C=O) groups is 1. The third-order valence-electron chi connectivity index (χ3n) is 2.55. The van der Waals surface area contributed by atoms with Crippen LogP contribution in [0, 0.1) is 0 Å². The molecule has 1 amide bonds. The van der Waals surface area contributed by atoms with Crippen LogP contribution in [0.1, 0.15) is 36.6 Å². The van der Waals surface area contributed by atoms with Gasteiger partial charge < -0.3 is 5.32 Å². The van der Waals surface area contributed by atoms with Gasteiger partial charge in [0.25, 0.3) is 0 Å². The minimum absolute atomic E-state index is 0.104. The summed E-state index contributed by atoms with van der Waals surface area (Å²) in [5, 5.41) is 2.84. The minimum atomic E-state index is 0.104. The van der Waals surface area contributed by atoms with E-state index in [1.54, 1.807) is 0 Å². The zero-order valence-corrected chi connectivity index (χ0v) is 8.50. The Morgan fingerprint density at radius 1 is 1.50 bits per heavy atom. The lowest BCUT2D eigenvalue weighted by Crippen LogP contribution is -2.31. The topological polar surface area (TPSA) is 42.0 Å². The molecule has 0 fully saturated rings. The summed E-state index contributed by atoms with van der Waals surface area (Å²) in [6.45, 7) is 4.86. The maximum Gasteiger partial charge on any atom is 0.224 e. The van der Waals surface area contributed by atoms with Gasteiger partial charge in [0, 0.05) is 18.4 Å². The molecule has 1 aliphatic rings. The second-order valence-electron chi connectivity index (χ2n) is 3.94. The minimum Gasteiger partial charge on any atom is -0.352 e. The molecule has 0 unspecified atom stereocenters. The molecule has 1 N–H and O–H groups in total. The van der Waals surface area contributed by atoms with Gasteiger partial charge in [0.1, 0.15) is 0 Å². The first-order chi connectivity index (χ1) is 6.68. The fraction of sp³-hybridized carbons (Fsp3) is 0.455. The number of nitrogens with zero attached hydrogens (tertiary/aromatic N) is 1. The highest BCUT2D eigenvalue weighted by Crippen LogP contribution is 2.22. The average molecular weight is 190 g/mol. The lowest BCUT2D eigenvalue weighted by atomic mass is 9.94. The van der Waals surface area contributed by atoms with Crippen molar-refractivity contribution in [2.75, 3.05) is 0 Å². The molecule has 1 aromatic rings. The quantitative estimate of drug-likeness (QED) is 0.726. The summed E-state index contributed by atoms with van der Waals surface area (Å²) < 4.78 is 0. The molecule has 0 saturated heterocycles. The van der Waals surface area contributed by atoms with E-state index >= 15 is 0 Å². The second kappa shape index (κ2) is 3.40.